The first-order valence-corrected chi connectivity index (χ1v) is 9.22. The maximum Gasteiger partial charge on any atom is 0.142 e. The maximum atomic E-state index is 4.80. The van der Waals surface area contributed by atoms with Crippen LogP contribution in [-0.4, -0.2) is 21.8 Å². The van der Waals surface area contributed by atoms with Gasteiger partial charge in [0.1, 0.15) is 16.5 Å². The number of thioether (sulfide) groups is 1. The van der Waals surface area contributed by atoms with Crippen molar-refractivity contribution in [2.75, 3.05) is 11.9 Å². The lowest BCUT2D eigenvalue weighted by molar-refractivity contribution is 0.916. The zero-order valence-electron chi connectivity index (χ0n) is 12.3. The summed E-state index contributed by atoms with van der Waals surface area (Å²) in [5.41, 5.74) is 1.50. The summed E-state index contributed by atoms with van der Waals surface area (Å²) in [5.74, 6) is 2.91. The second-order valence-electron chi connectivity index (χ2n) is 5.42. The van der Waals surface area contributed by atoms with E-state index < -0.39 is 0 Å². The Hall–Kier alpha value is -0.810. The number of hydrogen-bond donors (Lipinski definition) is 1. The second-order valence-corrected chi connectivity index (χ2v) is 8.06. The third kappa shape index (κ3) is 2.66. The molecule has 5 heteroatoms. The predicted molar refractivity (Wildman–Crippen MR) is 90.0 cm³/mol. The number of nitrogens with zero attached hydrogens (tertiary/aromatic N) is 2. The van der Waals surface area contributed by atoms with Crippen molar-refractivity contribution in [2.45, 2.75) is 51.0 Å². The molecule has 108 valence electrons. The second kappa shape index (κ2) is 5.90. The van der Waals surface area contributed by atoms with Crippen LogP contribution in [0.4, 0.5) is 5.82 Å². The zero-order chi connectivity index (χ0) is 14.1. The molecule has 0 aromatic carbocycles. The molecule has 0 aliphatic heterocycles. The molecule has 0 radical (unpaired) electrons. The first-order valence-electron chi connectivity index (χ1n) is 7.35. The van der Waals surface area contributed by atoms with Gasteiger partial charge < -0.3 is 5.32 Å². The zero-order valence-corrected chi connectivity index (χ0v) is 14.0. The molecular weight excluding hydrogens is 286 g/mol. The molecule has 1 aliphatic carbocycles. The van der Waals surface area contributed by atoms with Gasteiger partial charge in [-0.15, -0.1) is 11.3 Å². The summed E-state index contributed by atoms with van der Waals surface area (Å²) in [5, 5.41) is 5.35. The lowest BCUT2D eigenvalue weighted by Gasteiger charge is -2.09. The Morgan fingerprint density at radius 1 is 1.30 bits per heavy atom. The molecule has 3 rings (SSSR count). The molecule has 3 nitrogen and oxygen atoms in total. The van der Waals surface area contributed by atoms with Gasteiger partial charge in [0.2, 0.25) is 0 Å². The van der Waals surface area contributed by atoms with E-state index in [1.807, 2.05) is 23.1 Å². The normalized spacial score (nSPS) is 14.2. The molecule has 0 spiro atoms. The molecule has 0 saturated carbocycles. The summed E-state index contributed by atoms with van der Waals surface area (Å²) in [6.07, 6.45) is 3.70. The maximum absolute atomic E-state index is 4.80. The van der Waals surface area contributed by atoms with Crippen molar-refractivity contribution in [3.05, 3.63) is 16.3 Å². The third-order valence-electron chi connectivity index (χ3n) is 3.50. The van der Waals surface area contributed by atoms with Gasteiger partial charge in [-0.1, -0.05) is 13.8 Å². The summed E-state index contributed by atoms with van der Waals surface area (Å²) in [6, 6.07) is 0. The van der Waals surface area contributed by atoms with Crippen molar-refractivity contribution in [1.29, 1.82) is 0 Å². The van der Waals surface area contributed by atoms with E-state index in [9.17, 15) is 0 Å². The number of aryl methyl sites for hydroxylation is 2. The molecule has 0 amide bonds. The van der Waals surface area contributed by atoms with Gasteiger partial charge in [0, 0.05) is 11.4 Å². The van der Waals surface area contributed by atoms with Gasteiger partial charge in [-0.05, 0) is 37.0 Å². The molecular formula is C15H21N3S2. The van der Waals surface area contributed by atoms with Crippen molar-refractivity contribution in [2.24, 2.45) is 0 Å². The van der Waals surface area contributed by atoms with E-state index in [0.29, 0.717) is 5.25 Å². The fraction of sp³-hybridized carbons (Fsp3) is 0.600. The van der Waals surface area contributed by atoms with Crippen LogP contribution in [0.5, 0.6) is 0 Å². The fourth-order valence-corrected chi connectivity index (χ4v) is 4.53. The molecule has 20 heavy (non-hydrogen) atoms. The van der Waals surface area contributed by atoms with Crippen molar-refractivity contribution in [3.8, 4) is 0 Å². The van der Waals surface area contributed by atoms with Crippen LogP contribution in [0.2, 0.25) is 0 Å². The first-order chi connectivity index (χ1) is 9.69. The molecule has 0 atom stereocenters. The van der Waals surface area contributed by atoms with Gasteiger partial charge in [-0.25, -0.2) is 9.97 Å². The van der Waals surface area contributed by atoms with Crippen LogP contribution < -0.4 is 5.32 Å². The first kappa shape index (κ1) is 14.1. The van der Waals surface area contributed by atoms with Crippen LogP contribution >= 0.6 is 23.1 Å². The van der Waals surface area contributed by atoms with Crippen LogP contribution in [0.1, 0.15) is 43.5 Å². The van der Waals surface area contributed by atoms with E-state index in [1.54, 1.807) is 0 Å². The van der Waals surface area contributed by atoms with Gasteiger partial charge >= 0.3 is 0 Å². The highest BCUT2D eigenvalue weighted by Gasteiger charge is 2.22. The fourth-order valence-electron chi connectivity index (χ4n) is 2.64. The number of thiophene rings is 1. The number of rotatable bonds is 5. The minimum absolute atomic E-state index is 0.616. The summed E-state index contributed by atoms with van der Waals surface area (Å²) >= 11 is 3.78. The highest BCUT2D eigenvalue weighted by atomic mass is 32.2. The quantitative estimate of drug-likeness (QED) is 0.896. The highest BCUT2D eigenvalue weighted by molar-refractivity contribution is 7.99. The summed E-state index contributed by atoms with van der Waals surface area (Å²) in [7, 11) is 0. The number of anilines is 1. The molecule has 0 bridgehead atoms. The van der Waals surface area contributed by atoms with Crippen LogP contribution in [0.25, 0.3) is 10.2 Å². The van der Waals surface area contributed by atoms with E-state index in [2.05, 4.69) is 26.1 Å². The number of aromatic nitrogens is 2. The minimum Gasteiger partial charge on any atom is -0.370 e. The molecule has 0 saturated heterocycles. The molecule has 2 aromatic heterocycles. The van der Waals surface area contributed by atoms with Gasteiger partial charge in [0.15, 0.2) is 0 Å². The van der Waals surface area contributed by atoms with Crippen molar-refractivity contribution < 1.29 is 0 Å². The van der Waals surface area contributed by atoms with Gasteiger partial charge in [0.05, 0.1) is 11.1 Å². The third-order valence-corrected chi connectivity index (χ3v) is 5.78. The Balaban J connectivity index is 2.03. The van der Waals surface area contributed by atoms with Crippen LogP contribution in [-0.2, 0) is 18.6 Å². The van der Waals surface area contributed by atoms with E-state index in [-0.39, 0.29) is 0 Å². The highest BCUT2D eigenvalue weighted by Crippen LogP contribution is 2.39. The smallest absolute Gasteiger partial charge is 0.142 e. The number of fused-ring (bicyclic) bond motifs is 3. The monoisotopic (exact) mass is 307 g/mol. The number of hydrogen-bond acceptors (Lipinski definition) is 5. The topological polar surface area (TPSA) is 37.8 Å². The Morgan fingerprint density at radius 2 is 2.15 bits per heavy atom. The lowest BCUT2D eigenvalue weighted by atomic mass is 10.2. The molecule has 1 aliphatic rings. The predicted octanol–water partition coefficient (Wildman–Crippen LogP) is 4.25. The van der Waals surface area contributed by atoms with E-state index in [0.717, 1.165) is 23.9 Å². The lowest BCUT2D eigenvalue weighted by Crippen LogP contribution is -2.04. The van der Waals surface area contributed by atoms with Crippen molar-refractivity contribution >= 4 is 39.1 Å². The summed E-state index contributed by atoms with van der Waals surface area (Å²) < 4.78 is 0. The summed E-state index contributed by atoms with van der Waals surface area (Å²) in [6.45, 7) is 7.47. The van der Waals surface area contributed by atoms with Crippen LogP contribution in [0, 0.1) is 0 Å². The summed E-state index contributed by atoms with van der Waals surface area (Å²) in [4.78, 5) is 12.3. The van der Waals surface area contributed by atoms with E-state index in [1.165, 1.54) is 39.9 Å². The molecule has 2 aromatic rings. The Morgan fingerprint density at radius 3 is 2.90 bits per heavy atom. The van der Waals surface area contributed by atoms with E-state index in [4.69, 9.17) is 9.97 Å². The SMILES string of the molecule is CCNc1nc(CSC(C)C)nc2sc3c(c12)CCC3. The average molecular weight is 307 g/mol. The Labute approximate surface area is 128 Å². The van der Waals surface area contributed by atoms with Gasteiger partial charge in [0.25, 0.3) is 0 Å². The van der Waals surface area contributed by atoms with Crippen LogP contribution in [0.3, 0.4) is 0 Å². The largest absolute Gasteiger partial charge is 0.370 e. The minimum atomic E-state index is 0.616. The average Bonchev–Trinajstić information content (AvgIpc) is 2.96. The van der Waals surface area contributed by atoms with Gasteiger partial charge in [-0.2, -0.15) is 11.8 Å². The van der Waals surface area contributed by atoms with Crippen molar-refractivity contribution in [3.63, 3.8) is 0 Å². The Kier molecular flexibility index (Phi) is 4.17. The standard InChI is InChI=1S/C15H21N3S2/c1-4-16-14-13-10-6-5-7-11(10)20-15(13)18-12(17-14)8-19-9(2)3/h9H,4-8H2,1-3H3,(H,16,17,18). The van der Waals surface area contributed by atoms with Gasteiger partial charge in [-0.3, -0.25) is 0 Å². The number of nitrogens with one attached hydrogen (secondary N) is 1. The molecule has 0 fully saturated rings. The molecule has 2 heterocycles. The van der Waals surface area contributed by atoms with E-state index >= 15 is 0 Å². The van der Waals surface area contributed by atoms with Crippen molar-refractivity contribution in [1.82, 2.24) is 9.97 Å². The molecule has 0 unspecified atom stereocenters. The molecule has 1 N–H and O–H groups in total. The Bertz CT molecular complexity index is 619. The van der Waals surface area contributed by atoms with Crippen LogP contribution in [0.15, 0.2) is 0 Å².